The van der Waals surface area contributed by atoms with Crippen molar-refractivity contribution in [1.82, 2.24) is 9.97 Å². The van der Waals surface area contributed by atoms with Gasteiger partial charge in [-0.1, -0.05) is 6.92 Å². The Hall–Kier alpha value is -2.86. The van der Waals surface area contributed by atoms with Crippen LogP contribution in [0.3, 0.4) is 0 Å². The molecule has 1 unspecified atom stereocenters. The second-order valence-corrected chi connectivity index (χ2v) is 10.7. The van der Waals surface area contributed by atoms with Crippen molar-refractivity contribution in [2.24, 2.45) is 11.7 Å². The minimum Gasteiger partial charge on any atom is -0.368 e. The van der Waals surface area contributed by atoms with E-state index in [0.29, 0.717) is 34.3 Å². The van der Waals surface area contributed by atoms with Crippen LogP contribution < -0.4 is 10.6 Å². The highest BCUT2D eigenvalue weighted by molar-refractivity contribution is 6.08. The molecule has 2 aliphatic rings. The van der Waals surface area contributed by atoms with Gasteiger partial charge < -0.3 is 10.6 Å². The van der Waals surface area contributed by atoms with Crippen molar-refractivity contribution in [2.45, 2.75) is 76.8 Å². The van der Waals surface area contributed by atoms with Gasteiger partial charge in [0.25, 0.3) is 0 Å². The molecule has 5 nitrogen and oxygen atoms in total. The molecule has 3 heterocycles. The number of nitrogens with zero attached hydrogens (tertiary/aromatic N) is 3. The normalized spacial score (nSPS) is 25.1. The number of piperidine rings is 1. The lowest BCUT2D eigenvalue weighted by Gasteiger charge is -2.35. The van der Waals surface area contributed by atoms with Crippen molar-refractivity contribution in [2.75, 3.05) is 11.4 Å². The summed E-state index contributed by atoms with van der Waals surface area (Å²) in [6, 6.07) is 7.44. The summed E-state index contributed by atoms with van der Waals surface area (Å²) in [6.07, 6.45) is 12.1. The zero-order chi connectivity index (χ0) is 24.5. The molecule has 2 N–H and O–H groups in total. The quantitative estimate of drug-likeness (QED) is 0.473. The van der Waals surface area contributed by atoms with Crippen LogP contribution in [0.25, 0.3) is 10.9 Å². The largest absolute Gasteiger partial charge is 0.368 e. The highest BCUT2D eigenvalue weighted by Gasteiger charge is 2.28. The molecule has 0 bridgehead atoms. The molecule has 6 heteroatoms. The number of hydrogen-bond donors (Lipinski definition) is 1. The number of carbonyl (C=O) groups is 1. The monoisotopic (exact) mass is 474 g/mol. The molecular formula is C29H35FN4O. The van der Waals surface area contributed by atoms with Gasteiger partial charge in [-0.05, 0) is 92.7 Å². The number of carbonyl (C=O) groups excluding carboxylic acids is 1. The Labute approximate surface area is 206 Å². The molecule has 0 radical (unpaired) electrons. The summed E-state index contributed by atoms with van der Waals surface area (Å²) in [5.41, 5.74) is 10.2. The average Bonchev–Trinajstić information content (AvgIpc) is 2.84. The van der Waals surface area contributed by atoms with Crippen LogP contribution in [0.5, 0.6) is 0 Å². The third-order valence-electron chi connectivity index (χ3n) is 7.93. The van der Waals surface area contributed by atoms with Crippen LogP contribution in [-0.4, -0.2) is 34.4 Å². The first kappa shape index (κ1) is 23.9. The number of anilines is 1. The number of halogens is 1. The maximum Gasteiger partial charge on any atom is 0.169 e. The number of hydrogen-bond acceptors (Lipinski definition) is 5. The summed E-state index contributed by atoms with van der Waals surface area (Å²) >= 11 is 0. The van der Waals surface area contributed by atoms with Gasteiger partial charge in [0.1, 0.15) is 5.82 Å². The van der Waals surface area contributed by atoms with E-state index in [1.807, 2.05) is 12.1 Å². The van der Waals surface area contributed by atoms with Crippen LogP contribution in [0.4, 0.5) is 10.1 Å². The van der Waals surface area contributed by atoms with E-state index in [4.69, 9.17) is 5.73 Å². The summed E-state index contributed by atoms with van der Waals surface area (Å²) in [4.78, 5) is 24.7. The fourth-order valence-corrected chi connectivity index (χ4v) is 6.20. The Bertz CT molecular complexity index is 1220. The number of nitrogens with two attached hydrogens (primary N) is 1. The average molecular weight is 475 g/mol. The van der Waals surface area contributed by atoms with Gasteiger partial charge in [-0.15, -0.1) is 0 Å². The van der Waals surface area contributed by atoms with Gasteiger partial charge in [-0.3, -0.25) is 14.8 Å². The SMILES string of the molecule is CC1CCCCN1c1cnc2c(C(=O)Cc3cnccc3[C@@H]3C[C@H](C)C[C@H](N)C3)ccc(F)c2c1. The van der Waals surface area contributed by atoms with E-state index < -0.39 is 0 Å². The molecule has 1 aliphatic heterocycles. The predicted molar refractivity (Wildman–Crippen MR) is 138 cm³/mol. The summed E-state index contributed by atoms with van der Waals surface area (Å²) in [6.45, 7) is 5.39. The number of aromatic nitrogens is 2. The maximum atomic E-state index is 14.9. The third-order valence-corrected chi connectivity index (χ3v) is 7.93. The Morgan fingerprint density at radius 2 is 2.00 bits per heavy atom. The highest BCUT2D eigenvalue weighted by Crippen LogP contribution is 2.37. The van der Waals surface area contributed by atoms with Gasteiger partial charge in [-0.25, -0.2) is 4.39 Å². The van der Waals surface area contributed by atoms with Crippen molar-refractivity contribution in [3.8, 4) is 0 Å². The van der Waals surface area contributed by atoms with Gasteiger partial charge in [0.05, 0.1) is 17.4 Å². The fraction of sp³-hybridized carbons (Fsp3) is 0.483. The molecule has 1 aliphatic carbocycles. The molecule has 184 valence electrons. The number of rotatable bonds is 5. The molecule has 3 aromatic rings. The summed E-state index contributed by atoms with van der Waals surface area (Å²) in [5.74, 6) is 0.478. The molecule has 0 spiro atoms. The lowest BCUT2D eigenvalue weighted by molar-refractivity contribution is 0.0994. The van der Waals surface area contributed by atoms with Crippen LogP contribution in [0, 0.1) is 11.7 Å². The molecule has 1 aromatic carbocycles. The van der Waals surface area contributed by atoms with Gasteiger partial charge in [-0.2, -0.15) is 0 Å². The van der Waals surface area contributed by atoms with Crippen LogP contribution in [0.1, 0.15) is 79.8 Å². The number of benzene rings is 1. The smallest absolute Gasteiger partial charge is 0.169 e. The molecule has 0 amide bonds. The molecule has 2 fully saturated rings. The highest BCUT2D eigenvalue weighted by atomic mass is 19.1. The minimum absolute atomic E-state index is 0.0657. The van der Waals surface area contributed by atoms with E-state index in [2.05, 4.69) is 28.7 Å². The van der Waals surface area contributed by atoms with Crippen LogP contribution in [0.15, 0.2) is 42.9 Å². The van der Waals surface area contributed by atoms with E-state index >= 15 is 0 Å². The van der Waals surface area contributed by atoms with E-state index in [-0.39, 0.29) is 24.1 Å². The first-order valence-electron chi connectivity index (χ1n) is 13.0. The predicted octanol–water partition coefficient (Wildman–Crippen LogP) is 5.80. The van der Waals surface area contributed by atoms with Crippen LogP contribution in [-0.2, 0) is 6.42 Å². The summed E-state index contributed by atoms with van der Waals surface area (Å²) in [5, 5.41) is 0.407. The number of pyridine rings is 2. The lowest BCUT2D eigenvalue weighted by Crippen LogP contribution is -2.37. The van der Waals surface area contributed by atoms with Gasteiger partial charge in [0.2, 0.25) is 0 Å². The van der Waals surface area contributed by atoms with E-state index in [0.717, 1.165) is 55.5 Å². The Balaban J connectivity index is 1.45. The van der Waals surface area contributed by atoms with Gasteiger partial charge >= 0.3 is 0 Å². The zero-order valence-corrected chi connectivity index (χ0v) is 20.7. The molecule has 35 heavy (non-hydrogen) atoms. The van der Waals surface area contributed by atoms with E-state index in [1.54, 1.807) is 24.7 Å². The van der Waals surface area contributed by atoms with Crippen LogP contribution >= 0.6 is 0 Å². The van der Waals surface area contributed by atoms with E-state index in [1.165, 1.54) is 12.5 Å². The number of ketones is 1. The Morgan fingerprint density at radius 3 is 2.80 bits per heavy atom. The molecular weight excluding hydrogens is 439 g/mol. The Morgan fingerprint density at radius 1 is 1.14 bits per heavy atom. The lowest BCUT2D eigenvalue weighted by atomic mass is 9.75. The maximum absolute atomic E-state index is 14.9. The molecule has 1 saturated heterocycles. The number of Topliss-reactive ketones (excluding diaryl/α,β-unsaturated/α-hetero) is 1. The molecule has 1 saturated carbocycles. The zero-order valence-electron chi connectivity index (χ0n) is 20.7. The summed E-state index contributed by atoms with van der Waals surface area (Å²) < 4.78 is 14.9. The van der Waals surface area contributed by atoms with Crippen molar-refractivity contribution >= 4 is 22.4 Å². The first-order chi connectivity index (χ1) is 16.9. The molecule has 4 atom stereocenters. The Kier molecular flexibility index (Phi) is 6.83. The first-order valence-corrected chi connectivity index (χ1v) is 13.0. The topological polar surface area (TPSA) is 72.1 Å². The second kappa shape index (κ2) is 10.0. The second-order valence-electron chi connectivity index (χ2n) is 10.7. The standard InChI is InChI=1S/C29H35FN4O/c1-18-11-20(13-22(31)12-18)24-8-9-32-16-21(24)14-28(35)25-6-7-27(30)26-15-23(17-33-29(25)26)34-10-4-3-5-19(34)2/h6-9,15-20,22H,3-5,10-14,31H2,1-2H3/t18-,19?,20+,22-/m0/s1. The van der Waals surface area contributed by atoms with Gasteiger partial charge in [0.15, 0.2) is 5.78 Å². The fourth-order valence-electron chi connectivity index (χ4n) is 6.20. The minimum atomic E-state index is -0.345. The van der Waals surface area contributed by atoms with Crippen molar-refractivity contribution in [3.63, 3.8) is 0 Å². The molecule has 5 rings (SSSR count). The van der Waals surface area contributed by atoms with Crippen molar-refractivity contribution in [1.29, 1.82) is 0 Å². The third kappa shape index (κ3) is 4.94. The van der Waals surface area contributed by atoms with Crippen molar-refractivity contribution < 1.29 is 9.18 Å². The van der Waals surface area contributed by atoms with E-state index in [9.17, 15) is 9.18 Å². The van der Waals surface area contributed by atoms with Crippen LogP contribution in [0.2, 0.25) is 0 Å². The summed E-state index contributed by atoms with van der Waals surface area (Å²) in [7, 11) is 0. The van der Waals surface area contributed by atoms with Gasteiger partial charge in [0, 0.05) is 48.4 Å². The molecule has 2 aromatic heterocycles. The number of fused-ring (bicyclic) bond motifs is 1. The van der Waals surface area contributed by atoms with Crippen molar-refractivity contribution in [3.05, 3.63) is 65.4 Å².